The van der Waals surface area contributed by atoms with Crippen LogP contribution in [0.5, 0.6) is 0 Å². The van der Waals surface area contributed by atoms with E-state index in [2.05, 4.69) is 4.74 Å². The standard InChI is InChI=1S/C10H12O6/c1-16-10(15)7-3-5(8(11)12)2-6(4-7)9(13)14/h2-4,8,10-12,15H,1H3,(H,13,14). The molecule has 1 rings (SSSR count). The van der Waals surface area contributed by atoms with Crippen LogP contribution in [0.25, 0.3) is 0 Å². The third-order valence-corrected chi connectivity index (χ3v) is 2.03. The number of aromatic carboxylic acids is 1. The minimum atomic E-state index is -1.80. The van der Waals surface area contributed by atoms with Gasteiger partial charge in [-0.15, -0.1) is 0 Å². The van der Waals surface area contributed by atoms with Crippen LogP contribution in [0.15, 0.2) is 18.2 Å². The van der Waals surface area contributed by atoms with E-state index in [0.29, 0.717) is 0 Å². The van der Waals surface area contributed by atoms with Crippen LogP contribution in [0.1, 0.15) is 34.1 Å². The van der Waals surface area contributed by atoms with Gasteiger partial charge in [0, 0.05) is 18.2 Å². The summed E-state index contributed by atoms with van der Waals surface area (Å²) in [6.45, 7) is 0. The van der Waals surface area contributed by atoms with Gasteiger partial charge in [0.15, 0.2) is 12.6 Å². The Morgan fingerprint density at radius 1 is 1.19 bits per heavy atom. The van der Waals surface area contributed by atoms with Gasteiger partial charge in [-0.25, -0.2) is 4.79 Å². The number of ether oxygens (including phenoxy) is 1. The zero-order valence-corrected chi connectivity index (χ0v) is 8.49. The van der Waals surface area contributed by atoms with Gasteiger partial charge >= 0.3 is 5.97 Å². The van der Waals surface area contributed by atoms with Gasteiger partial charge in [0.2, 0.25) is 0 Å². The predicted octanol–water partition coefficient (Wildman–Crippen LogP) is 0.00530. The first-order chi connectivity index (χ1) is 7.45. The molecule has 0 aliphatic heterocycles. The Kier molecular flexibility index (Phi) is 3.97. The van der Waals surface area contributed by atoms with E-state index >= 15 is 0 Å². The minimum absolute atomic E-state index is 0.0222. The number of carbonyl (C=O) groups is 1. The van der Waals surface area contributed by atoms with Crippen LogP contribution < -0.4 is 0 Å². The molecular formula is C10H12O6. The highest BCUT2D eigenvalue weighted by Gasteiger charge is 2.14. The molecule has 1 unspecified atom stereocenters. The molecule has 1 atom stereocenters. The number of rotatable bonds is 4. The first kappa shape index (κ1) is 12.6. The summed E-state index contributed by atoms with van der Waals surface area (Å²) in [5.74, 6) is -1.23. The molecule has 0 aromatic heterocycles. The molecule has 0 saturated heterocycles. The number of carboxylic acids is 1. The Morgan fingerprint density at radius 3 is 2.19 bits per heavy atom. The Labute approximate surface area is 91.3 Å². The molecule has 0 aliphatic carbocycles. The third kappa shape index (κ3) is 2.77. The van der Waals surface area contributed by atoms with Crippen LogP contribution in [-0.4, -0.2) is 33.5 Å². The average molecular weight is 228 g/mol. The quantitative estimate of drug-likeness (QED) is 0.540. The summed E-state index contributed by atoms with van der Waals surface area (Å²) in [6, 6.07) is 3.56. The van der Waals surface area contributed by atoms with Gasteiger partial charge in [0.05, 0.1) is 5.56 Å². The third-order valence-electron chi connectivity index (χ3n) is 2.03. The minimum Gasteiger partial charge on any atom is -0.478 e. The Balaban J connectivity index is 3.24. The molecule has 1 aromatic carbocycles. The van der Waals surface area contributed by atoms with Crippen LogP contribution in [-0.2, 0) is 4.74 Å². The SMILES string of the molecule is COC(O)c1cc(C(=O)O)cc(C(O)O)c1. The molecule has 0 saturated carbocycles. The van der Waals surface area contributed by atoms with Gasteiger partial charge in [-0.2, -0.15) is 0 Å². The number of benzene rings is 1. The van der Waals surface area contributed by atoms with E-state index in [-0.39, 0.29) is 16.7 Å². The first-order valence-corrected chi connectivity index (χ1v) is 4.41. The van der Waals surface area contributed by atoms with Crippen molar-refractivity contribution in [3.05, 3.63) is 34.9 Å². The number of aliphatic hydroxyl groups excluding tert-OH is 2. The molecule has 16 heavy (non-hydrogen) atoms. The Hall–Kier alpha value is -1.47. The fraction of sp³-hybridized carbons (Fsp3) is 0.300. The lowest BCUT2D eigenvalue weighted by atomic mass is 10.0. The molecule has 0 fully saturated rings. The fourth-order valence-electron chi connectivity index (χ4n) is 1.23. The van der Waals surface area contributed by atoms with Crippen molar-refractivity contribution in [2.45, 2.75) is 12.6 Å². The number of hydrogen-bond acceptors (Lipinski definition) is 5. The van der Waals surface area contributed by atoms with E-state index in [1.807, 2.05) is 0 Å². The summed E-state index contributed by atoms with van der Waals surface area (Å²) >= 11 is 0. The topological polar surface area (TPSA) is 107 Å². The largest absolute Gasteiger partial charge is 0.478 e. The van der Waals surface area contributed by atoms with Gasteiger partial charge in [0.25, 0.3) is 0 Å². The summed E-state index contributed by atoms with van der Waals surface area (Å²) in [4.78, 5) is 10.8. The average Bonchev–Trinajstić information content (AvgIpc) is 2.27. The van der Waals surface area contributed by atoms with Crippen LogP contribution in [0.2, 0.25) is 0 Å². The van der Waals surface area contributed by atoms with Gasteiger partial charge in [-0.05, 0) is 18.2 Å². The highest BCUT2D eigenvalue weighted by atomic mass is 16.6. The number of methoxy groups -OCH3 is 1. The van der Waals surface area contributed by atoms with E-state index in [1.54, 1.807) is 0 Å². The smallest absolute Gasteiger partial charge is 0.335 e. The lowest BCUT2D eigenvalue weighted by Gasteiger charge is -2.12. The van der Waals surface area contributed by atoms with E-state index in [0.717, 1.165) is 6.07 Å². The normalized spacial score (nSPS) is 12.8. The van der Waals surface area contributed by atoms with Crippen molar-refractivity contribution < 1.29 is 30.0 Å². The molecule has 1 aromatic rings. The van der Waals surface area contributed by atoms with E-state index in [9.17, 15) is 9.90 Å². The summed E-state index contributed by atoms with van der Waals surface area (Å²) in [5.41, 5.74) is -0.0341. The molecule has 4 N–H and O–H groups in total. The zero-order chi connectivity index (χ0) is 12.3. The van der Waals surface area contributed by atoms with Crippen molar-refractivity contribution in [1.82, 2.24) is 0 Å². The summed E-state index contributed by atoms with van der Waals surface area (Å²) in [7, 11) is 1.24. The van der Waals surface area contributed by atoms with E-state index in [1.165, 1.54) is 19.2 Å². The molecule has 0 spiro atoms. The molecule has 0 amide bonds. The maximum atomic E-state index is 10.8. The van der Waals surface area contributed by atoms with Crippen LogP contribution >= 0.6 is 0 Å². The second kappa shape index (κ2) is 5.04. The maximum absolute atomic E-state index is 10.8. The van der Waals surface area contributed by atoms with Crippen molar-refractivity contribution in [3.63, 3.8) is 0 Å². The summed E-state index contributed by atoms with van der Waals surface area (Å²) in [5, 5.41) is 36.0. The first-order valence-electron chi connectivity index (χ1n) is 4.41. The second-order valence-electron chi connectivity index (χ2n) is 3.16. The highest BCUT2D eigenvalue weighted by Crippen LogP contribution is 2.21. The van der Waals surface area contributed by atoms with Gasteiger partial charge in [-0.1, -0.05) is 0 Å². The molecule has 0 bridgehead atoms. The Bertz CT molecular complexity index is 387. The molecule has 0 radical (unpaired) electrons. The van der Waals surface area contributed by atoms with Gasteiger partial charge in [0.1, 0.15) is 0 Å². The summed E-state index contributed by atoms with van der Waals surface area (Å²) < 4.78 is 4.61. The molecular weight excluding hydrogens is 216 g/mol. The van der Waals surface area contributed by atoms with E-state index in [4.69, 9.17) is 15.3 Å². The van der Waals surface area contributed by atoms with Crippen molar-refractivity contribution >= 4 is 5.97 Å². The predicted molar refractivity (Wildman–Crippen MR) is 52.5 cm³/mol. The zero-order valence-electron chi connectivity index (χ0n) is 8.49. The van der Waals surface area contributed by atoms with Crippen molar-refractivity contribution in [2.75, 3.05) is 7.11 Å². The number of carboxylic acid groups (broad SMARTS) is 1. The lowest BCUT2D eigenvalue weighted by molar-refractivity contribution is -0.0776. The molecule has 6 heteroatoms. The number of aliphatic hydroxyl groups is 3. The molecule has 6 nitrogen and oxygen atoms in total. The Morgan fingerprint density at radius 2 is 1.75 bits per heavy atom. The summed E-state index contributed by atoms with van der Waals surface area (Å²) in [6.07, 6.45) is -3.11. The van der Waals surface area contributed by atoms with Crippen molar-refractivity contribution in [3.8, 4) is 0 Å². The molecule has 0 heterocycles. The van der Waals surface area contributed by atoms with Gasteiger partial charge in [-0.3, -0.25) is 0 Å². The van der Waals surface area contributed by atoms with E-state index < -0.39 is 18.5 Å². The van der Waals surface area contributed by atoms with Crippen LogP contribution in [0, 0.1) is 0 Å². The lowest BCUT2D eigenvalue weighted by Crippen LogP contribution is -2.07. The van der Waals surface area contributed by atoms with Crippen molar-refractivity contribution in [2.24, 2.45) is 0 Å². The van der Waals surface area contributed by atoms with Crippen LogP contribution in [0.4, 0.5) is 0 Å². The maximum Gasteiger partial charge on any atom is 0.335 e. The number of hydrogen-bond donors (Lipinski definition) is 4. The highest BCUT2D eigenvalue weighted by molar-refractivity contribution is 5.88. The van der Waals surface area contributed by atoms with Crippen LogP contribution in [0.3, 0.4) is 0 Å². The second-order valence-corrected chi connectivity index (χ2v) is 3.16. The molecule has 88 valence electrons. The molecule has 0 aliphatic rings. The fourth-order valence-corrected chi connectivity index (χ4v) is 1.23. The van der Waals surface area contributed by atoms with Crippen molar-refractivity contribution in [1.29, 1.82) is 0 Å². The monoisotopic (exact) mass is 228 g/mol. The van der Waals surface area contributed by atoms with Gasteiger partial charge < -0.3 is 25.2 Å².